The first-order chi connectivity index (χ1) is 4.22. The third-order valence-electron chi connectivity index (χ3n) is 0.754. The van der Waals surface area contributed by atoms with E-state index in [4.69, 9.17) is 15.3 Å². The van der Waals surface area contributed by atoms with Crippen molar-refractivity contribution in [3.05, 3.63) is 0 Å². The first-order valence-corrected chi connectivity index (χ1v) is 3.09. The van der Waals surface area contributed by atoms with Crippen LogP contribution in [0.3, 0.4) is 0 Å². The van der Waals surface area contributed by atoms with E-state index in [-0.39, 0.29) is 0 Å². The summed E-state index contributed by atoms with van der Waals surface area (Å²) in [6.45, 7) is -0.483. The summed E-state index contributed by atoms with van der Waals surface area (Å²) in [6, 6.07) is 0. The molecule has 0 aliphatic carbocycles. The smallest absolute Gasteiger partial charge is 0.143 e. The molecule has 2 atom stereocenters. The molecule has 0 saturated carbocycles. The van der Waals surface area contributed by atoms with Gasteiger partial charge in [-0.2, -0.15) is 0 Å². The molecule has 0 radical (unpaired) electrons. The second kappa shape index (κ2) is 4.77. The van der Waals surface area contributed by atoms with Crippen LogP contribution in [-0.4, -0.2) is 34.1 Å². The Morgan fingerprint density at radius 1 is 1.44 bits per heavy atom. The third-order valence-corrected chi connectivity index (χ3v) is 0.983. The maximum atomic E-state index is 8.70. The van der Waals surface area contributed by atoms with Crippen molar-refractivity contribution in [3.8, 4) is 10.8 Å². The minimum atomic E-state index is -1.17. The second-order valence-electron chi connectivity index (χ2n) is 1.43. The van der Waals surface area contributed by atoms with E-state index in [0.717, 1.165) is 0 Å². The van der Waals surface area contributed by atoms with E-state index in [1.807, 2.05) is 0 Å². The first-order valence-electron chi connectivity index (χ1n) is 2.30. The Morgan fingerprint density at radius 3 is 2.33 bits per heavy atom. The van der Waals surface area contributed by atoms with Crippen molar-refractivity contribution >= 4 is 15.9 Å². The van der Waals surface area contributed by atoms with Crippen molar-refractivity contribution in [2.45, 2.75) is 12.2 Å². The van der Waals surface area contributed by atoms with Gasteiger partial charge in [-0.15, -0.1) is 0 Å². The summed E-state index contributed by atoms with van der Waals surface area (Å²) in [5, 5.41) is 25.6. The molecular weight excluding hydrogens is 188 g/mol. The lowest BCUT2D eigenvalue weighted by molar-refractivity contribution is 0.0139. The molecule has 0 aliphatic heterocycles. The third kappa shape index (κ3) is 3.49. The van der Waals surface area contributed by atoms with Gasteiger partial charge in [-0.05, 0) is 4.83 Å². The minimum absolute atomic E-state index is 0.483. The number of aliphatic hydroxyl groups excluding tert-OH is 3. The lowest BCUT2D eigenvalue weighted by Gasteiger charge is -2.07. The Morgan fingerprint density at radius 2 is 2.00 bits per heavy atom. The minimum Gasteiger partial charge on any atom is -0.394 e. The zero-order chi connectivity index (χ0) is 7.28. The van der Waals surface area contributed by atoms with Gasteiger partial charge in [0, 0.05) is 15.9 Å². The van der Waals surface area contributed by atoms with Gasteiger partial charge in [-0.1, -0.05) is 5.92 Å². The Kier molecular flexibility index (Phi) is 4.72. The van der Waals surface area contributed by atoms with E-state index >= 15 is 0 Å². The average molecular weight is 195 g/mol. The van der Waals surface area contributed by atoms with Crippen molar-refractivity contribution < 1.29 is 15.3 Å². The van der Waals surface area contributed by atoms with Crippen molar-refractivity contribution in [1.82, 2.24) is 0 Å². The van der Waals surface area contributed by atoms with Crippen molar-refractivity contribution in [3.63, 3.8) is 0 Å². The van der Waals surface area contributed by atoms with Gasteiger partial charge in [0.15, 0.2) is 0 Å². The molecule has 0 fully saturated rings. The fourth-order valence-electron chi connectivity index (χ4n) is 0.252. The summed E-state index contributed by atoms with van der Waals surface area (Å²) in [5.74, 6) is 2.21. The fourth-order valence-corrected chi connectivity index (χ4v) is 0.486. The molecule has 0 rings (SSSR count). The van der Waals surface area contributed by atoms with Crippen LogP contribution in [0.15, 0.2) is 0 Å². The molecule has 2 unspecified atom stereocenters. The molecule has 3 N–H and O–H groups in total. The SMILES string of the molecule is OCC(O)C(O)C#CBr. The summed E-state index contributed by atoms with van der Waals surface area (Å²) in [7, 11) is 0. The lowest BCUT2D eigenvalue weighted by Crippen LogP contribution is -2.27. The highest BCUT2D eigenvalue weighted by molar-refractivity contribution is 9.12. The van der Waals surface area contributed by atoms with Gasteiger partial charge < -0.3 is 15.3 Å². The summed E-state index contributed by atoms with van der Waals surface area (Å²) >= 11 is 2.73. The van der Waals surface area contributed by atoms with Crippen LogP contribution in [0.4, 0.5) is 0 Å². The predicted octanol–water partition coefficient (Wildman–Crippen LogP) is -0.944. The Hall–Kier alpha value is -0.0800. The number of hydrogen-bond acceptors (Lipinski definition) is 3. The number of halogens is 1. The lowest BCUT2D eigenvalue weighted by atomic mass is 10.2. The monoisotopic (exact) mass is 194 g/mol. The van der Waals surface area contributed by atoms with Gasteiger partial charge >= 0.3 is 0 Å². The van der Waals surface area contributed by atoms with E-state index in [9.17, 15) is 0 Å². The van der Waals surface area contributed by atoms with Crippen molar-refractivity contribution in [2.24, 2.45) is 0 Å². The summed E-state index contributed by atoms with van der Waals surface area (Å²) in [4.78, 5) is 2.22. The number of hydrogen-bond donors (Lipinski definition) is 3. The van der Waals surface area contributed by atoms with Crippen LogP contribution in [0.25, 0.3) is 0 Å². The molecule has 0 amide bonds. The Balaban J connectivity index is 3.67. The molecule has 0 aliphatic rings. The van der Waals surface area contributed by atoms with E-state index < -0.39 is 18.8 Å². The molecule has 0 heterocycles. The van der Waals surface area contributed by atoms with Crippen molar-refractivity contribution in [1.29, 1.82) is 0 Å². The van der Waals surface area contributed by atoms with Crippen LogP contribution in [0, 0.1) is 10.8 Å². The molecule has 9 heavy (non-hydrogen) atoms. The molecule has 3 nitrogen and oxygen atoms in total. The molecule has 0 saturated heterocycles. The van der Waals surface area contributed by atoms with Gasteiger partial charge in [0.05, 0.1) is 6.61 Å². The van der Waals surface area contributed by atoms with Crippen molar-refractivity contribution in [2.75, 3.05) is 6.61 Å². The zero-order valence-corrected chi connectivity index (χ0v) is 6.17. The predicted molar refractivity (Wildman–Crippen MR) is 35.8 cm³/mol. The number of aliphatic hydroxyl groups is 3. The fraction of sp³-hybridized carbons (Fsp3) is 0.600. The average Bonchev–Trinajstić information content (AvgIpc) is 1.87. The summed E-state index contributed by atoms with van der Waals surface area (Å²) in [5.41, 5.74) is 0. The van der Waals surface area contributed by atoms with E-state index in [0.29, 0.717) is 0 Å². The first kappa shape index (κ1) is 8.92. The second-order valence-corrected chi connectivity index (χ2v) is 1.83. The molecular formula is C5H7BrO3. The maximum absolute atomic E-state index is 8.70. The largest absolute Gasteiger partial charge is 0.394 e. The standard InChI is InChI=1S/C5H7BrO3/c6-2-1-4(8)5(9)3-7/h4-5,7-9H,3H2. The van der Waals surface area contributed by atoms with Gasteiger partial charge in [-0.3, -0.25) is 0 Å². The number of rotatable bonds is 2. The highest BCUT2D eigenvalue weighted by Gasteiger charge is 2.10. The normalized spacial score (nSPS) is 15.6. The molecule has 0 aromatic rings. The van der Waals surface area contributed by atoms with Crippen LogP contribution in [-0.2, 0) is 0 Å². The molecule has 52 valence electrons. The van der Waals surface area contributed by atoms with Crippen LogP contribution in [0.5, 0.6) is 0 Å². The van der Waals surface area contributed by atoms with E-state index in [1.54, 1.807) is 0 Å². The molecule has 4 heteroatoms. The molecule has 0 aromatic heterocycles. The summed E-state index contributed by atoms with van der Waals surface area (Å²) in [6.07, 6.45) is -2.34. The molecule has 0 aromatic carbocycles. The van der Waals surface area contributed by atoms with Crippen LogP contribution in [0.2, 0.25) is 0 Å². The quantitative estimate of drug-likeness (QED) is 0.498. The van der Waals surface area contributed by atoms with Crippen LogP contribution in [0.1, 0.15) is 0 Å². The highest BCUT2D eigenvalue weighted by atomic mass is 79.9. The zero-order valence-electron chi connectivity index (χ0n) is 4.58. The Bertz CT molecular complexity index is 126. The van der Waals surface area contributed by atoms with Crippen LogP contribution >= 0.6 is 15.9 Å². The summed E-state index contributed by atoms with van der Waals surface area (Å²) < 4.78 is 0. The molecule has 0 spiro atoms. The molecule has 0 bridgehead atoms. The maximum Gasteiger partial charge on any atom is 0.143 e. The van der Waals surface area contributed by atoms with E-state index in [1.165, 1.54) is 0 Å². The highest BCUT2D eigenvalue weighted by Crippen LogP contribution is 1.89. The van der Waals surface area contributed by atoms with Gasteiger partial charge in [0.2, 0.25) is 0 Å². The van der Waals surface area contributed by atoms with Gasteiger partial charge in [-0.25, -0.2) is 0 Å². The Labute approximate surface area is 61.4 Å². The van der Waals surface area contributed by atoms with E-state index in [2.05, 4.69) is 26.7 Å². The van der Waals surface area contributed by atoms with Crippen LogP contribution < -0.4 is 0 Å². The van der Waals surface area contributed by atoms with Gasteiger partial charge in [0.25, 0.3) is 0 Å². The van der Waals surface area contributed by atoms with Gasteiger partial charge in [0.1, 0.15) is 12.2 Å². The topological polar surface area (TPSA) is 60.7 Å².